The summed E-state index contributed by atoms with van der Waals surface area (Å²) in [6.07, 6.45) is 2.33. The average molecular weight is 313 g/mol. The molecule has 0 aromatic heterocycles. The van der Waals surface area contributed by atoms with Crippen molar-refractivity contribution in [3.63, 3.8) is 0 Å². The van der Waals surface area contributed by atoms with Crippen molar-refractivity contribution in [1.29, 1.82) is 0 Å². The van der Waals surface area contributed by atoms with E-state index in [0.717, 1.165) is 29.8 Å². The van der Waals surface area contributed by atoms with Gasteiger partial charge in [-0.2, -0.15) is 0 Å². The third kappa shape index (κ3) is 5.21. The Balaban J connectivity index is 0.00000220. The van der Waals surface area contributed by atoms with Crippen LogP contribution in [0.4, 0.5) is 0 Å². The van der Waals surface area contributed by atoms with Crippen LogP contribution in [0.3, 0.4) is 0 Å². The van der Waals surface area contributed by atoms with Crippen LogP contribution in [0.5, 0.6) is 5.75 Å². The van der Waals surface area contributed by atoms with Crippen LogP contribution in [0.2, 0.25) is 0 Å². The summed E-state index contributed by atoms with van der Waals surface area (Å²) < 4.78 is 5.67. The van der Waals surface area contributed by atoms with Crippen molar-refractivity contribution in [3.05, 3.63) is 28.8 Å². The van der Waals surface area contributed by atoms with Gasteiger partial charge in [-0.3, -0.25) is 4.79 Å². The SMILES string of the molecule is Cc1cc(C)c(OCC(=O)NCC2CCCN2)c(C)c1.Cl. The lowest BCUT2D eigenvalue weighted by atomic mass is 10.1. The average Bonchev–Trinajstić information content (AvgIpc) is 2.88. The van der Waals surface area contributed by atoms with Gasteiger partial charge in [0, 0.05) is 12.6 Å². The van der Waals surface area contributed by atoms with Crippen LogP contribution in [0.25, 0.3) is 0 Å². The van der Waals surface area contributed by atoms with Crippen molar-refractivity contribution in [2.75, 3.05) is 19.7 Å². The Bertz CT molecular complexity index is 462. The summed E-state index contributed by atoms with van der Waals surface area (Å²) in [7, 11) is 0. The lowest BCUT2D eigenvalue weighted by Crippen LogP contribution is -2.39. The maximum absolute atomic E-state index is 11.8. The predicted molar refractivity (Wildman–Crippen MR) is 87.4 cm³/mol. The van der Waals surface area contributed by atoms with Gasteiger partial charge in [0.05, 0.1) is 0 Å². The van der Waals surface area contributed by atoms with E-state index < -0.39 is 0 Å². The molecule has 118 valence electrons. The number of carbonyl (C=O) groups is 1. The Morgan fingerprint density at radius 2 is 2.00 bits per heavy atom. The topological polar surface area (TPSA) is 50.4 Å². The zero-order valence-corrected chi connectivity index (χ0v) is 13.8. The van der Waals surface area contributed by atoms with E-state index >= 15 is 0 Å². The highest BCUT2D eigenvalue weighted by atomic mass is 35.5. The Kier molecular flexibility index (Phi) is 6.99. The lowest BCUT2D eigenvalue weighted by Gasteiger charge is -2.14. The van der Waals surface area contributed by atoms with E-state index in [0.29, 0.717) is 12.6 Å². The molecular formula is C16H25ClN2O2. The molecule has 2 N–H and O–H groups in total. The first kappa shape index (κ1) is 17.8. The van der Waals surface area contributed by atoms with Gasteiger partial charge in [-0.25, -0.2) is 0 Å². The van der Waals surface area contributed by atoms with E-state index in [-0.39, 0.29) is 24.9 Å². The van der Waals surface area contributed by atoms with Crippen molar-refractivity contribution in [3.8, 4) is 5.75 Å². The smallest absolute Gasteiger partial charge is 0.257 e. The molecule has 1 aliphatic heterocycles. The van der Waals surface area contributed by atoms with Crippen LogP contribution in [0.1, 0.15) is 29.5 Å². The maximum Gasteiger partial charge on any atom is 0.257 e. The molecule has 0 saturated carbocycles. The van der Waals surface area contributed by atoms with Crippen LogP contribution in [-0.2, 0) is 4.79 Å². The number of halogens is 1. The standard InChI is InChI=1S/C16H24N2O2.ClH/c1-11-7-12(2)16(13(3)8-11)20-10-15(19)18-9-14-5-4-6-17-14;/h7-8,14,17H,4-6,9-10H2,1-3H3,(H,18,19);1H. The van der Waals surface area contributed by atoms with Crippen LogP contribution < -0.4 is 15.4 Å². The van der Waals surface area contributed by atoms with Crippen molar-refractivity contribution in [2.45, 2.75) is 39.7 Å². The molecule has 1 heterocycles. The highest BCUT2D eigenvalue weighted by Crippen LogP contribution is 2.24. The van der Waals surface area contributed by atoms with Crippen molar-refractivity contribution in [2.24, 2.45) is 0 Å². The highest BCUT2D eigenvalue weighted by Gasteiger charge is 2.15. The van der Waals surface area contributed by atoms with E-state index in [1.54, 1.807) is 0 Å². The molecule has 4 nitrogen and oxygen atoms in total. The largest absolute Gasteiger partial charge is 0.483 e. The summed E-state index contributed by atoms with van der Waals surface area (Å²) in [6.45, 7) is 7.90. The van der Waals surface area contributed by atoms with Gasteiger partial charge in [-0.15, -0.1) is 12.4 Å². The summed E-state index contributed by atoms with van der Waals surface area (Å²) in [6, 6.07) is 4.56. The number of hydrogen-bond donors (Lipinski definition) is 2. The summed E-state index contributed by atoms with van der Waals surface area (Å²) >= 11 is 0. The first-order valence-electron chi connectivity index (χ1n) is 7.27. The monoisotopic (exact) mass is 312 g/mol. The van der Waals surface area contributed by atoms with Gasteiger partial charge in [0.2, 0.25) is 0 Å². The fourth-order valence-corrected chi connectivity index (χ4v) is 2.75. The molecule has 2 rings (SSSR count). The molecule has 1 unspecified atom stereocenters. The molecule has 5 heteroatoms. The molecule has 0 radical (unpaired) electrons. The summed E-state index contributed by atoms with van der Waals surface area (Å²) in [5, 5.41) is 6.27. The van der Waals surface area contributed by atoms with Gasteiger partial charge in [-0.1, -0.05) is 17.7 Å². The van der Waals surface area contributed by atoms with Gasteiger partial charge >= 0.3 is 0 Å². The third-order valence-corrected chi connectivity index (χ3v) is 3.66. The van der Waals surface area contributed by atoms with E-state index in [1.807, 2.05) is 13.8 Å². The molecule has 21 heavy (non-hydrogen) atoms. The normalized spacial score (nSPS) is 17.2. The fourth-order valence-electron chi connectivity index (χ4n) is 2.75. The molecule has 1 aliphatic rings. The van der Waals surface area contributed by atoms with Gasteiger partial charge in [-0.05, 0) is 51.3 Å². The van der Waals surface area contributed by atoms with Gasteiger partial charge in [0.25, 0.3) is 5.91 Å². The number of hydrogen-bond acceptors (Lipinski definition) is 3. The Morgan fingerprint density at radius 1 is 1.33 bits per heavy atom. The zero-order chi connectivity index (χ0) is 14.5. The van der Waals surface area contributed by atoms with Crippen LogP contribution in [-0.4, -0.2) is 31.6 Å². The van der Waals surface area contributed by atoms with Crippen molar-refractivity contribution >= 4 is 18.3 Å². The summed E-state index contributed by atoms with van der Waals surface area (Å²) in [5.74, 6) is 0.766. The summed E-state index contributed by atoms with van der Waals surface area (Å²) in [4.78, 5) is 11.8. The fraction of sp³-hybridized carbons (Fsp3) is 0.562. The van der Waals surface area contributed by atoms with E-state index in [2.05, 4.69) is 29.7 Å². The molecule has 1 amide bonds. The Hall–Kier alpha value is -1.26. The van der Waals surface area contributed by atoms with E-state index in [9.17, 15) is 4.79 Å². The van der Waals surface area contributed by atoms with E-state index in [1.165, 1.54) is 12.0 Å². The second-order valence-corrected chi connectivity index (χ2v) is 5.61. The number of rotatable bonds is 5. The maximum atomic E-state index is 11.8. The molecule has 1 fully saturated rings. The summed E-state index contributed by atoms with van der Waals surface area (Å²) in [5.41, 5.74) is 3.37. The second kappa shape index (κ2) is 8.25. The molecule has 0 spiro atoms. The molecule has 1 aromatic carbocycles. The van der Waals surface area contributed by atoms with Gasteiger partial charge < -0.3 is 15.4 Å². The van der Waals surface area contributed by atoms with Crippen LogP contribution in [0, 0.1) is 20.8 Å². The number of ether oxygens (including phenoxy) is 1. The molecule has 0 aliphatic carbocycles. The first-order valence-corrected chi connectivity index (χ1v) is 7.27. The van der Waals surface area contributed by atoms with Crippen molar-refractivity contribution in [1.82, 2.24) is 10.6 Å². The number of carbonyl (C=O) groups excluding carboxylic acids is 1. The molecule has 0 bridgehead atoms. The van der Waals surface area contributed by atoms with Gasteiger partial charge in [0.1, 0.15) is 5.75 Å². The number of nitrogens with one attached hydrogen (secondary N) is 2. The minimum Gasteiger partial charge on any atom is -0.483 e. The molecule has 1 saturated heterocycles. The number of benzene rings is 1. The molecule has 1 aromatic rings. The lowest BCUT2D eigenvalue weighted by molar-refractivity contribution is -0.123. The van der Waals surface area contributed by atoms with E-state index in [4.69, 9.17) is 4.74 Å². The quantitative estimate of drug-likeness (QED) is 0.877. The predicted octanol–water partition coefficient (Wildman–Crippen LogP) is 2.28. The highest BCUT2D eigenvalue weighted by molar-refractivity contribution is 5.85. The minimum absolute atomic E-state index is 0. The van der Waals surface area contributed by atoms with Gasteiger partial charge in [0.15, 0.2) is 6.61 Å². The van der Waals surface area contributed by atoms with Crippen molar-refractivity contribution < 1.29 is 9.53 Å². The Labute approximate surface area is 133 Å². The number of amides is 1. The molecule has 1 atom stereocenters. The zero-order valence-electron chi connectivity index (χ0n) is 13.0. The first-order chi connectivity index (χ1) is 9.56. The van der Waals surface area contributed by atoms with Crippen LogP contribution in [0.15, 0.2) is 12.1 Å². The number of aryl methyl sites for hydroxylation is 3. The second-order valence-electron chi connectivity index (χ2n) is 5.61. The minimum atomic E-state index is -0.0573. The third-order valence-electron chi connectivity index (χ3n) is 3.66. The Morgan fingerprint density at radius 3 is 2.57 bits per heavy atom. The molecular weight excluding hydrogens is 288 g/mol. The van der Waals surface area contributed by atoms with Crippen LogP contribution >= 0.6 is 12.4 Å².